The van der Waals surface area contributed by atoms with Gasteiger partial charge in [0.15, 0.2) is 11.5 Å². The van der Waals surface area contributed by atoms with Crippen molar-refractivity contribution in [1.82, 2.24) is 0 Å². The molecule has 0 atom stereocenters. The molecular formula is C14H18O4. The number of methoxy groups -OCH3 is 1. The van der Waals surface area contributed by atoms with Crippen molar-refractivity contribution < 1.29 is 19.4 Å². The minimum atomic E-state index is -0.995. The zero-order chi connectivity index (χ0) is 13.5. The Hall–Kier alpha value is -1.97. The minimum absolute atomic E-state index is 0.410. The molecule has 18 heavy (non-hydrogen) atoms. The Morgan fingerprint density at radius 1 is 1.44 bits per heavy atom. The maximum atomic E-state index is 10.5. The Balaban J connectivity index is 2.98. The van der Waals surface area contributed by atoms with Gasteiger partial charge in [0.2, 0.25) is 0 Å². The van der Waals surface area contributed by atoms with E-state index >= 15 is 0 Å². The van der Waals surface area contributed by atoms with Gasteiger partial charge in [-0.05, 0) is 18.1 Å². The Morgan fingerprint density at radius 2 is 2.17 bits per heavy atom. The molecule has 0 unspecified atom stereocenters. The van der Waals surface area contributed by atoms with Crippen molar-refractivity contribution in [3.05, 3.63) is 29.8 Å². The molecule has 1 rings (SSSR count). The van der Waals surface area contributed by atoms with Gasteiger partial charge >= 0.3 is 5.97 Å². The number of carbonyl (C=O) groups is 1. The van der Waals surface area contributed by atoms with E-state index in [1.54, 1.807) is 18.2 Å². The molecule has 1 N–H and O–H groups in total. The van der Waals surface area contributed by atoms with Crippen molar-refractivity contribution in [2.24, 2.45) is 5.92 Å². The van der Waals surface area contributed by atoms with Gasteiger partial charge in [0.05, 0.1) is 13.7 Å². The predicted octanol–water partition coefficient (Wildman–Crippen LogP) is 2.83. The molecule has 0 radical (unpaired) electrons. The van der Waals surface area contributed by atoms with Crippen molar-refractivity contribution in [2.75, 3.05) is 13.7 Å². The summed E-state index contributed by atoms with van der Waals surface area (Å²) in [5.74, 6) is 0.591. The molecule has 4 heteroatoms. The molecule has 0 saturated carbocycles. The standard InChI is InChI=1S/C14H18O4/c1-10(2)9-18-12-6-4-5-11(14(12)17-3)7-8-13(15)16/h4-8,10H,9H2,1-3H3,(H,15,16)/b8-7+. The van der Waals surface area contributed by atoms with Gasteiger partial charge < -0.3 is 14.6 Å². The number of hydrogen-bond acceptors (Lipinski definition) is 3. The summed E-state index contributed by atoms with van der Waals surface area (Å²) in [4.78, 5) is 10.5. The number of hydrogen-bond donors (Lipinski definition) is 1. The first-order chi connectivity index (χ1) is 8.54. The normalized spacial score (nSPS) is 10.9. The molecule has 0 aliphatic carbocycles. The highest BCUT2D eigenvalue weighted by Crippen LogP contribution is 2.32. The second-order valence-electron chi connectivity index (χ2n) is 4.26. The van der Waals surface area contributed by atoms with Crippen LogP contribution in [0.4, 0.5) is 0 Å². The first-order valence-corrected chi connectivity index (χ1v) is 5.75. The molecule has 0 aliphatic heterocycles. The molecule has 1 aromatic carbocycles. The van der Waals surface area contributed by atoms with Crippen LogP contribution in [0, 0.1) is 5.92 Å². The van der Waals surface area contributed by atoms with Gasteiger partial charge in [0.1, 0.15) is 0 Å². The smallest absolute Gasteiger partial charge is 0.328 e. The molecule has 0 aromatic heterocycles. The fourth-order valence-corrected chi connectivity index (χ4v) is 1.41. The second-order valence-corrected chi connectivity index (χ2v) is 4.26. The van der Waals surface area contributed by atoms with Crippen LogP contribution in [-0.4, -0.2) is 24.8 Å². The molecule has 0 fully saturated rings. The fourth-order valence-electron chi connectivity index (χ4n) is 1.41. The minimum Gasteiger partial charge on any atom is -0.492 e. The number of carboxylic acids is 1. The van der Waals surface area contributed by atoms with Crippen LogP contribution in [0.15, 0.2) is 24.3 Å². The van der Waals surface area contributed by atoms with Crippen molar-refractivity contribution in [2.45, 2.75) is 13.8 Å². The van der Waals surface area contributed by atoms with Crippen LogP contribution in [0.2, 0.25) is 0 Å². The molecule has 0 bridgehead atoms. The second kappa shape index (κ2) is 6.69. The highest BCUT2D eigenvalue weighted by Gasteiger charge is 2.09. The lowest BCUT2D eigenvalue weighted by Gasteiger charge is -2.14. The van der Waals surface area contributed by atoms with Gasteiger partial charge in [-0.2, -0.15) is 0 Å². The first kappa shape index (κ1) is 14.1. The lowest BCUT2D eigenvalue weighted by Crippen LogP contribution is -2.05. The van der Waals surface area contributed by atoms with Gasteiger partial charge in [0.25, 0.3) is 0 Å². The van der Waals surface area contributed by atoms with E-state index in [1.807, 2.05) is 0 Å². The first-order valence-electron chi connectivity index (χ1n) is 5.75. The third kappa shape index (κ3) is 4.13. The van der Waals surface area contributed by atoms with E-state index in [-0.39, 0.29) is 0 Å². The highest BCUT2D eigenvalue weighted by molar-refractivity contribution is 5.86. The molecule has 98 valence electrons. The van der Waals surface area contributed by atoms with E-state index in [4.69, 9.17) is 14.6 Å². The maximum absolute atomic E-state index is 10.5. The Labute approximate surface area is 107 Å². The van der Waals surface area contributed by atoms with E-state index < -0.39 is 5.97 Å². The van der Waals surface area contributed by atoms with Crippen LogP contribution in [0.25, 0.3) is 6.08 Å². The monoisotopic (exact) mass is 250 g/mol. The van der Waals surface area contributed by atoms with E-state index in [9.17, 15) is 4.79 Å². The van der Waals surface area contributed by atoms with Gasteiger partial charge in [0, 0.05) is 11.6 Å². The van der Waals surface area contributed by atoms with Crippen LogP contribution in [0.3, 0.4) is 0 Å². The van der Waals surface area contributed by atoms with Crippen LogP contribution in [0.1, 0.15) is 19.4 Å². The quantitative estimate of drug-likeness (QED) is 0.789. The SMILES string of the molecule is COc1c(/C=C/C(=O)O)cccc1OCC(C)C. The summed E-state index contributed by atoms with van der Waals surface area (Å²) in [6, 6.07) is 5.39. The van der Waals surface area contributed by atoms with Crippen LogP contribution < -0.4 is 9.47 Å². The highest BCUT2D eigenvalue weighted by atomic mass is 16.5. The van der Waals surface area contributed by atoms with Crippen molar-refractivity contribution in [3.63, 3.8) is 0 Å². The number of rotatable bonds is 6. The molecule has 4 nitrogen and oxygen atoms in total. The Kier molecular flexibility index (Phi) is 5.24. The summed E-state index contributed by atoms with van der Waals surface area (Å²) < 4.78 is 10.9. The number of ether oxygens (including phenoxy) is 2. The predicted molar refractivity (Wildman–Crippen MR) is 70.0 cm³/mol. The number of aliphatic carboxylic acids is 1. The molecule has 0 aliphatic rings. The molecule has 0 heterocycles. The van der Waals surface area contributed by atoms with Gasteiger partial charge in [-0.1, -0.05) is 26.0 Å². The Bertz CT molecular complexity index is 435. The van der Waals surface area contributed by atoms with Crippen LogP contribution in [-0.2, 0) is 4.79 Å². The largest absolute Gasteiger partial charge is 0.492 e. The number of para-hydroxylation sites is 1. The summed E-state index contributed by atoms with van der Waals surface area (Å²) in [7, 11) is 1.54. The summed E-state index contributed by atoms with van der Waals surface area (Å²) >= 11 is 0. The van der Waals surface area contributed by atoms with E-state index in [0.29, 0.717) is 29.6 Å². The zero-order valence-electron chi connectivity index (χ0n) is 10.8. The van der Waals surface area contributed by atoms with Gasteiger partial charge in [-0.25, -0.2) is 4.79 Å². The summed E-state index contributed by atoms with van der Waals surface area (Å²) in [5.41, 5.74) is 0.682. The molecule has 0 saturated heterocycles. The number of carboxylic acid groups (broad SMARTS) is 1. The maximum Gasteiger partial charge on any atom is 0.328 e. The topological polar surface area (TPSA) is 55.8 Å². The van der Waals surface area contributed by atoms with Gasteiger partial charge in [-0.3, -0.25) is 0 Å². The third-order valence-corrected chi connectivity index (χ3v) is 2.19. The van der Waals surface area contributed by atoms with E-state index in [2.05, 4.69) is 13.8 Å². The lowest BCUT2D eigenvalue weighted by atomic mass is 10.1. The zero-order valence-corrected chi connectivity index (χ0v) is 10.8. The fraction of sp³-hybridized carbons (Fsp3) is 0.357. The van der Waals surface area contributed by atoms with Crippen LogP contribution in [0.5, 0.6) is 11.5 Å². The summed E-state index contributed by atoms with van der Waals surface area (Å²) in [6.45, 7) is 4.70. The Morgan fingerprint density at radius 3 is 2.72 bits per heavy atom. The van der Waals surface area contributed by atoms with E-state index in [0.717, 1.165) is 6.08 Å². The third-order valence-electron chi connectivity index (χ3n) is 2.19. The van der Waals surface area contributed by atoms with Crippen molar-refractivity contribution in [1.29, 1.82) is 0 Å². The molecular weight excluding hydrogens is 232 g/mol. The van der Waals surface area contributed by atoms with Crippen LogP contribution >= 0.6 is 0 Å². The van der Waals surface area contributed by atoms with E-state index in [1.165, 1.54) is 13.2 Å². The average molecular weight is 250 g/mol. The lowest BCUT2D eigenvalue weighted by molar-refractivity contribution is -0.131. The molecule has 1 aromatic rings. The average Bonchev–Trinajstić information content (AvgIpc) is 2.33. The molecule has 0 amide bonds. The molecule has 0 spiro atoms. The van der Waals surface area contributed by atoms with Crippen molar-refractivity contribution in [3.8, 4) is 11.5 Å². The summed E-state index contributed by atoms with van der Waals surface area (Å²) in [5, 5.41) is 8.62. The van der Waals surface area contributed by atoms with Gasteiger partial charge in [-0.15, -0.1) is 0 Å². The number of benzene rings is 1. The van der Waals surface area contributed by atoms with Crippen molar-refractivity contribution >= 4 is 12.0 Å². The summed E-state index contributed by atoms with van der Waals surface area (Å²) in [6.07, 6.45) is 2.56.